The average molecular weight is 475 g/mol. The molecule has 9 nitrogen and oxygen atoms in total. The summed E-state index contributed by atoms with van der Waals surface area (Å²) in [6.45, 7) is 4.39. The van der Waals surface area contributed by atoms with Crippen LogP contribution in [-0.2, 0) is 0 Å². The van der Waals surface area contributed by atoms with Gasteiger partial charge in [0, 0.05) is 23.8 Å². The van der Waals surface area contributed by atoms with Crippen molar-refractivity contribution in [3.63, 3.8) is 0 Å². The lowest BCUT2D eigenvalue weighted by molar-refractivity contribution is -0.384. The number of nitro benzene ring substituents is 1. The minimum Gasteiger partial charge on any atom is -0.494 e. The molecule has 0 unspecified atom stereocenters. The third kappa shape index (κ3) is 4.98. The Kier molecular flexibility index (Phi) is 6.77. The number of carbonyl (C=O) groups is 2. The quantitative estimate of drug-likeness (QED) is 0.143. The van der Waals surface area contributed by atoms with Gasteiger partial charge in [0.15, 0.2) is 17.3 Å². The maximum Gasteiger partial charge on any atom is 0.343 e. The molecular weight excluding hydrogens is 454 g/mol. The van der Waals surface area contributed by atoms with Gasteiger partial charge in [0.25, 0.3) is 5.69 Å². The summed E-state index contributed by atoms with van der Waals surface area (Å²) in [5.74, 6) is 0.149. The van der Waals surface area contributed by atoms with E-state index in [1.807, 2.05) is 6.92 Å². The Labute approximate surface area is 200 Å². The van der Waals surface area contributed by atoms with Crippen molar-refractivity contribution in [2.24, 2.45) is 0 Å². The molecule has 35 heavy (non-hydrogen) atoms. The van der Waals surface area contributed by atoms with Crippen LogP contribution in [0.4, 0.5) is 5.69 Å². The molecule has 0 radical (unpaired) electrons. The van der Waals surface area contributed by atoms with Gasteiger partial charge in [0.05, 0.1) is 29.3 Å². The van der Waals surface area contributed by atoms with Crippen LogP contribution in [0.2, 0.25) is 0 Å². The number of fused-ring (bicyclic) bond motifs is 1. The smallest absolute Gasteiger partial charge is 0.343 e. The van der Waals surface area contributed by atoms with Crippen molar-refractivity contribution < 1.29 is 33.5 Å². The molecule has 0 saturated heterocycles. The second kappa shape index (κ2) is 10.1. The van der Waals surface area contributed by atoms with E-state index < -0.39 is 10.9 Å². The Hall–Kier alpha value is -4.66. The van der Waals surface area contributed by atoms with Gasteiger partial charge in [-0.15, -0.1) is 0 Å². The normalized spacial score (nSPS) is 13.2. The largest absolute Gasteiger partial charge is 0.494 e. The van der Waals surface area contributed by atoms with Crippen molar-refractivity contribution in [1.29, 1.82) is 0 Å². The molecular formula is C26H21NO8. The lowest BCUT2D eigenvalue weighted by atomic mass is 10.1. The molecule has 0 N–H and O–H groups in total. The minimum atomic E-state index is -0.816. The molecule has 4 rings (SSSR count). The molecule has 0 aromatic heterocycles. The highest BCUT2D eigenvalue weighted by atomic mass is 16.6. The molecule has 0 aliphatic carbocycles. The summed E-state index contributed by atoms with van der Waals surface area (Å²) in [6.07, 6.45) is 1.46. The number of Topliss-reactive ketones (excluding diaryl/α,β-unsaturated/α-hetero) is 1. The summed E-state index contributed by atoms with van der Waals surface area (Å²) in [7, 11) is 0. The molecule has 0 atom stereocenters. The number of allylic oxidation sites excluding steroid dienone is 1. The molecule has 0 bridgehead atoms. The van der Waals surface area contributed by atoms with E-state index in [2.05, 4.69) is 0 Å². The van der Waals surface area contributed by atoms with Crippen molar-refractivity contribution in [3.05, 3.63) is 93.2 Å². The van der Waals surface area contributed by atoms with Crippen molar-refractivity contribution in [2.75, 3.05) is 13.2 Å². The molecule has 3 aromatic carbocycles. The van der Waals surface area contributed by atoms with Gasteiger partial charge >= 0.3 is 5.97 Å². The van der Waals surface area contributed by atoms with Gasteiger partial charge in [0.1, 0.15) is 11.5 Å². The van der Waals surface area contributed by atoms with Crippen molar-refractivity contribution in [3.8, 4) is 23.0 Å². The van der Waals surface area contributed by atoms with Crippen molar-refractivity contribution in [2.45, 2.75) is 13.8 Å². The van der Waals surface area contributed by atoms with Crippen LogP contribution in [0, 0.1) is 10.1 Å². The van der Waals surface area contributed by atoms with Gasteiger partial charge in [-0.25, -0.2) is 4.79 Å². The van der Waals surface area contributed by atoms with E-state index in [0.717, 1.165) is 6.07 Å². The Morgan fingerprint density at radius 2 is 1.80 bits per heavy atom. The summed E-state index contributed by atoms with van der Waals surface area (Å²) in [5, 5.41) is 11.1. The molecule has 0 saturated carbocycles. The molecule has 9 heteroatoms. The summed E-state index contributed by atoms with van der Waals surface area (Å²) >= 11 is 0. The summed E-state index contributed by atoms with van der Waals surface area (Å²) in [4.78, 5) is 36.2. The molecule has 178 valence electrons. The highest BCUT2D eigenvalue weighted by Crippen LogP contribution is 2.38. The standard InChI is InChI=1S/C26H21NO8/c1-3-32-19-11-12-20-22(15-19)34-23(24(20)28)14-16-7-6-10-21(33-4-2)25(16)35-26(29)17-8-5-9-18(13-17)27(30)31/h5-15H,3-4H2,1-2H3/b23-14-. The first-order valence-corrected chi connectivity index (χ1v) is 10.8. The maximum atomic E-state index is 12.9. The van der Waals surface area contributed by atoms with Crippen LogP contribution in [0.1, 0.15) is 40.1 Å². The van der Waals surface area contributed by atoms with E-state index in [4.69, 9.17) is 18.9 Å². The van der Waals surface area contributed by atoms with Gasteiger partial charge in [-0.2, -0.15) is 0 Å². The first kappa shape index (κ1) is 23.5. The van der Waals surface area contributed by atoms with E-state index in [-0.39, 0.29) is 34.3 Å². The van der Waals surface area contributed by atoms with Crippen LogP contribution >= 0.6 is 0 Å². The molecule has 1 aliphatic rings. The number of esters is 1. The van der Waals surface area contributed by atoms with Gasteiger partial charge in [-0.05, 0) is 44.2 Å². The van der Waals surface area contributed by atoms with Crippen LogP contribution in [0.5, 0.6) is 23.0 Å². The second-order valence-electron chi connectivity index (χ2n) is 7.34. The maximum absolute atomic E-state index is 12.9. The summed E-state index contributed by atoms with van der Waals surface area (Å²) < 4.78 is 22.5. The SMILES string of the molecule is CCOc1ccc2c(c1)O/C(=C\c1cccc(OCC)c1OC(=O)c1cccc([N+](=O)[O-])c1)C2=O. The van der Waals surface area contributed by atoms with Crippen LogP contribution in [-0.4, -0.2) is 29.9 Å². The van der Waals surface area contributed by atoms with Gasteiger partial charge in [0.2, 0.25) is 5.78 Å². The van der Waals surface area contributed by atoms with Crippen LogP contribution in [0.3, 0.4) is 0 Å². The zero-order chi connectivity index (χ0) is 24.9. The van der Waals surface area contributed by atoms with Gasteiger partial charge in [-0.1, -0.05) is 18.2 Å². The topological polar surface area (TPSA) is 114 Å². The zero-order valence-electron chi connectivity index (χ0n) is 19.0. The van der Waals surface area contributed by atoms with Crippen LogP contribution in [0.15, 0.2) is 66.4 Å². The minimum absolute atomic E-state index is 0.00634. The third-order valence-corrected chi connectivity index (χ3v) is 5.04. The molecule has 0 amide bonds. The summed E-state index contributed by atoms with van der Waals surface area (Å²) in [6, 6.07) is 15.1. The first-order chi connectivity index (χ1) is 16.9. The Morgan fingerprint density at radius 3 is 2.54 bits per heavy atom. The fraction of sp³-hybridized carbons (Fsp3) is 0.154. The number of benzene rings is 3. The van der Waals surface area contributed by atoms with E-state index >= 15 is 0 Å². The number of carbonyl (C=O) groups excluding carboxylic acids is 2. The van der Waals surface area contributed by atoms with E-state index in [9.17, 15) is 19.7 Å². The number of nitrogens with zero attached hydrogens (tertiary/aromatic N) is 1. The van der Waals surface area contributed by atoms with Crippen LogP contribution < -0.4 is 18.9 Å². The fourth-order valence-corrected chi connectivity index (χ4v) is 3.49. The second-order valence-corrected chi connectivity index (χ2v) is 7.34. The number of nitro groups is 1. The first-order valence-electron chi connectivity index (χ1n) is 10.8. The predicted octanol–water partition coefficient (Wildman–Crippen LogP) is 5.23. The van der Waals surface area contributed by atoms with E-state index in [1.54, 1.807) is 43.3 Å². The van der Waals surface area contributed by atoms with Crippen molar-refractivity contribution >= 4 is 23.5 Å². The zero-order valence-corrected chi connectivity index (χ0v) is 19.0. The Bertz CT molecular complexity index is 1340. The highest BCUT2D eigenvalue weighted by Gasteiger charge is 2.29. The van der Waals surface area contributed by atoms with E-state index in [1.165, 1.54) is 24.3 Å². The predicted molar refractivity (Wildman–Crippen MR) is 126 cm³/mol. The number of non-ortho nitro benzene ring substituents is 1. The van der Waals surface area contributed by atoms with Gasteiger partial charge in [-0.3, -0.25) is 14.9 Å². The lowest BCUT2D eigenvalue weighted by Gasteiger charge is -2.13. The Balaban J connectivity index is 1.69. The molecule has 1 aliphatic heterocycles. The average Bonchev–Trinajstić information content (AvgIpc) is 3.15. The molecule has 0 fully saturated rings. The number of ketones is 1. The number of rotatable bonds is 8. The third-order valence-electron chi connectivity index (χ3n) is 5.04. The lowest BCUT2D eigenvalue weighted by Crippen LogP contribution is -2.11. The molecule has 3 aromatic rings. The van der Waals surface area contributed by atoms with Crippen molar-refractivity contribution in [1.82, 2.24) is 0 Å². The Morgan fingerprint density at radius 1 is 1.03 bits per heavy atom. The fourth-order valence-electron chi connectivity index (χ4n) is 3.49. The number of para-hydroxylation sites is 1. The highest BCUT2D eigenvalue weighted by molar-refractivity contribution is 6.14. The number of hydrogen-bond acceptors (Lipinski definition) is 8. The monoisotopic (exact) mass is 475 g/mol. The molecule has 0 spiro atoms. The number of hydrogen-bond donors (Lipinski definition) is 0. The number of ether oxygens (including phenoxy) is 4. The van der Waals surface area contributed by atoms with E-state index in [0.29, 0.717) is 35.8 Å². The molecule has 1 heterocycles. The summed E-state index contributed by atoms with van der Waals surface area (Å²) in [5.41, 5.74) is 0.494. The van der Waals surface area contributed by atoms with Gasteiger partial charge < -0.3 is 18.9 Å². The van der Waals surface area contributed by atoms with Crippen LogP contribution in [0.25, 0.3) is 6.08 Å².